The van der Waals surface area contributed by atoms with Gasteiger partial charge in [0.2, 0.25) is 0 Å². The van der Waals surface area contributed by atoms with Crippen LogP contribution in [0.5, 0.6) is 0 Å². The first kappa shape index (κ1) is 14.6. The lowest BCUT2D eigenvalue weighted by Crippen LogP contribution is -1.92. The molecule has 1 aliphatic carbocycles. The molecule has 0 aromatic heterocycles. The van der Waals surface area contributed by atoms with Crippen molar-refractivity contribution in [2.45, 2.75) is 70.6 Å². The lowest BCUT2D eigenvalue weighted by molar-refractivity contribution is 0.687. The van der Waals surface area contributed by atoms with Gasteiger partial charge in [0.05, 0.1) is 0 Å². The average Bonchev–Trinajstić information content (AvgIpc) is 2.32. The van der Waals surface area contributed by atoms with Gasteiger partial charge in [0, 0.05) is 0 Å². The van der Waals surface area contributed by atoms with Crippen LogP contribution in [0.2, 0.25) is 0 Å². The molecule has 0 saturated carbocycles. The predicted octanol–water partition coefficient (Wildman–Crippen LogP) is 5.77. The lowest BCUT2D eigenvalue weighted by atomic mass is 10.1. The zero-order valence-corrected chi connectivity index (χ0v) is 11.8. The van der Waals surface area contributed by atoms with Gasteiger partial charge in [-0.15, -0.1) is 0 Å². The molecule has 0 amide bonds. The van der Waals surface area contributed by atoms with Crippen molar-refractivity contribution in [2.75, 3.05) is 0 Å². The molecular weight excluding hydrogens is 224 g/mol. The molecule has 96 valence electrons. The summed E-state index contributed by atoms with van der Waals surface area (Å²) in [6.07, 6.45) is 23.2. The number of hydrogen-bond acceptors (Lipinski definition) is 1. The van der Waals surface area contributed by atoms with Gasteiger partial charge in [-0.2, -0.15) is 0 Å². The molecule has 0 unspecified atom stereocenters. The number of hydrogen-bond donors (Lipinski definition) is 0. The Morgan fingerprint density at radius 2 is 1.18 bits per heavy atom. The summed E-state index contributed by atoms with van der Waals surface area (Å²) in [5.41, 5.74) is 0. The van der Waals surface area contributed by atoms with Crippen LogP contribution in [-0.2, 0) is 0 Å². The standard InChI is InChI=1S/C16H26S/c17-16-14-12-10-8-6-4-2-1-3-5-7-9-11-13-15-16/h2,4,11,13H,1,3,5-10,12,14-15H2/b4-2-,13-11+. The van der Waals surface area contributed by atoms with Crippen molar-refractivity contribution in [1.82, 2.24) is 0 Å². The van der Waals surface area contributed by atoms with E-state index in [2.05, 4.69) is 24.3 Å². The van der Waals surface area contributed by atoms with Crippen molar-refractivity contribution < 1.29 is 0 Å². The van der Waals surface area contributed by atoms with Crippen LogP contribution >= 0.6 is 12.2 Å². The molecule has 0 aromatic carbocycles. The topological polar surface area (TPSA) is 0 Å². The van der Waals surface area contributed by atoms with E-state index in [0.717, 1.165) is 12.8 Å². The molecule has 0 atom stereocenters. The van der Waals surface area contributed by atoms with Crippen LogP contribution in [0.15, 0.2) is 24.3 Å². The van der Waals surface area contributed by atoms with Crippen LogP contribution < -0.4 is 0 Å². The van der Waals surface area contributed by atoms with Crippen molar-refractivity contribution in [1.29, 1.82) is 0 Å². The summed E-state index contributed by atoms with van der Waals surface area (Å²) in [6.45, 7) is 0. The summed E-state index contributed by atoms with van der Waals surface area (Å²) in [6, 6.07) is 0. The molecule has 0 bridgehead atoms. The van der Waals surface area contributed by atoms with E-state index in [1.54, 1.807) is 0 Å². The van der Waals surface area contributed by atoms with Crippen LogP contribution in [-0.4, -0.2) is 4.86 Å². The Balaban J connectivity index is 2.25. The third-order valence-corrected chi connectivity index (χ3v) is 3.62. The second-order valence-electron chi connectivity index (χ2n) is 4.92. The zero-order valence-electron chi connectivity index (χ0n) is 11.0. The van der Waals surface area contributed by atoms with Crippen LogP contribution in [0.25, 0.3) is 0 Å². The largest absolute Gasteiger partial charge is 0.0894 e. The van der Waals surface area contributed by atoms with E-state index < -0.39 is 0 Å². The van der Waals surface area contributed by atoms with E-state index >= 15 is 0 Å². The number of rotatable bonds is 0. The Morgan fingerprint density at radius 1 is 0.647 bits per heavy atom. The first-order valence-electron chi connectivity index (χ1n) is 7.21. The summed E-state index contributed by atoms with van der Waals surface area (Å²) in [4.78, 5) is 1.24. The Hall–Kier alpha value is -0.430. The average molecular weight is 250 g/mol. The van der Waals surface area contributed by atoms with Gasteiger partial charge < -0.3 is 0 Å². The normalized spacial score (nSPS) is 25.3. The smallest absolute Gasteiger partial charge is 0.00335 e. The van der Waals surface area contributed by atoms with E-state index in [-0.39, 0.29) is 0 Å². The van der Waals surface area contributed by atoms with Gasteiger partial charge in [-0.1, -0.05) is 49.4 Å². The maximum atomic E-state index is 5.38. The van der Waals surface area contributed by atoms with Crippen molar-refractivity contribution in [3.05, 3.63) is 24.3 Å². The van der Waals surface area contributed by atoms with Crippen molar-refractivity contribution >= 4 is 17.1 Å². The summed E-state index contributed by atoms with van der Waals surface area (Å²) in [5, 5.41) is 0. The second-order valence-corrected chi connectivity index (χ2v) is 5.50. The minimum atomic E-state index is 1.02. The van der Waals surface area contributed by atoms with Gasteiger partial charge in [-0.05, 0) is 62.7 Å². The van der Waals surface area contributed by atoms with Gasteiger partial charge in [0.15, 0.2) is 0 Å². The van der Waals surface area contributed by atoms with Crippen molar-refractivity contribution in [3.63, 3.8) is 0 Å². The third-order valence-electron chi connectivity index (χ3n) is 3.25. The van der Waals surface area contributed by atoms with E-state index in [9.17, 15) is 0 Å². The van der Waals surface area contributed by atoms with Crippen LogP contribution in [0.3, 0.4) is 0 Å². The monoisotopic (exact) mass is 250 g/mol. The predicted molar refractivity (Wildman–Crippen MR) is 81.7 cm³/mol. The minimum absolute atomic E-state index is 1.02. The fourth-order valence-electron chi connectivity index (χ4n) is 2.13. The Bertz CT molecular complexity index is 250. The Morgan fingerprint density at radius 3 is 1.82 bits per heavy atom. The van der Waals surface area contributed by atoms with Crippen LogP contribution in [0.1, 0.15) is 70.6 Å². The fraction of sp³-hybridized carbons (Fsp3) is 0.688. The molecule has 0 fully saturated rings. The highest BCUT2D eigenvalue weighted by Gasteiger charge is 1.95. The van der Waals surface area contributed by atoms with E-state index in [4.69, 9.17) is 12.2 Å². The number of thiocarbonyl (C=S) groups is 1. The molecule has 0 N–H and O–H groups in total. The maximum Gasteiger partial charge on any atom is -0.00335 e. The molecule has 0 heterocycles. The van der Waals surface area contributed by atoms with E-state index in [0.29, 0.717) is 0 Å². The Kier molecular flexibility index (Phi) is 9.21. The first-order chi connectivity index (χ1) is 8.39. The highest BCUT2D eigenvalue weighted by atomic mass is 32.1. The summed E-state index contributed by atoms with van der Waals surface area (Å²) < 4.78 is 0. The molecule has 1 heteroatoms. The highest BCUT2D eigenvalue weighted by Crippen LogP contribution is 2.10. The minimum Gasteiger partial charge on any atom is -0.0894 e. The van der Waals surface area contributed by atoms with E-state index in [1.165, 1.54) is 62.7 Å². The van der Waals surface area contributed by atoms with Gasteiger partial charge >= 0.3 is 0 Å². The third kappa shape index (κ3) is 9.29. The van der Waals surface area contributed by atoms with Crippen molar-refractivity contribution in [2.24, 2.45) is 0 Å². The van der Waals surface area contributed by atoms with Crippen LogP contribution in [0.4, 0.5) is 0 Å². The Labute approximate surface area is 112 Å². The molecule has 0 aliphatic heterocycles. The second kappa shape index (κ2) is 10.7. The highest BCUT2D eigenvalue weighted by molar-refractivity contribution is 7.80. The van der Waals surface area contributed by atoms with E-state index in [1.807, 2.05) is 0 Å². The van der Waals surface area contributed by atoms with Crippen LogP contribution in [0, 0.1) is 0 Å². The zero-order chi connectivity index (χ0) is 12.2. The van der Waals surface area contributed by atoms with Gasteiger partial charge in [0.25, 0.3) is 0 Å². The molecule has 1 rings (SSSR count). The molecule has 1 aliphatic rings. The summed E-state index contributed by atoms with van der Waals surface area (Å²) in [7, 11) is 0. The molecule has 0 radical (unpaired) electrons. The summed E-state index contributed by atoms with van der Waals surface area (Å²) >= 11 is 5.38. The summed E-state index contributed by atoms with van der Waals surface area (Å²) in [5.74, 6) is 0. The molecule has 0 saturated heterocycles. The maximum absolute atomic E-state index is 5.38. The molecular formula is C16H26S. The first-order valence-corrected chi connectivity index (χ1v) is 7.62. The number of allylic oxidation sites excluding steroid dienone is 4. The van der Waals surface area contributed by atoms with Gasteiger partial charge in [-0.25, -0.2) is 0 Å². The SMILES string of the molecule is S=C1C/C=C/CCCCC/C=C\CCCCC1. The quantitative estimate of drug-likeness (QED) is 0.388. The molecule has 0 aromatic rings. The van der Waals surface area contributed by atoms with Gasteiger partial charge in [-0.3, -0.25) is 0 Å². The van der Waals surface area contributed by atoms with Gasteiger partial charge in [0.1, 0.15) is 0 Å². The molecule has 17 heavy (non-hydrogen) atoms. The van der Waals surface area contributed by atoms with Crippen molar-refractivity contribution in [3.8, 4) is 0 Å². The molecule has 0 spiro atoms. The molecule has 0 nitrogen and oxygen atoms in total. The lowest BCUT2D eigenvalue weighted by Gasteiger charge is -2.01. The fourth-order valence-corrected chi connectivity index (χ4v) is 2.37.